The van der Waals surface area contributed by atoms with Gasteiger partial charge in [0.05, 0.1) is 5.60 Å². The highest BCUT2D eigenvalue weighted by Gasteiger charge is 2.76. The minimum Gasteiger partial charge on any atom is -0.452 e. The number of hydrogen-bond acceptors (Lipinski definition) is 3. The fraction of sp³-hybridized carbons (Fsp3) is 0.800. The molecule has 0 bridgehead atoms. The van der Waals surface area contributed by atoms with Crippen LogP contribution in [0.3, 0.4) is 0 Å². The predicted octanol–water partition coefficient (Wildman–Crippen LogP) is 2.45. The molecule has 18 heavy (non-hydrogen) atoms. The van der Waals surface area contributed by atoms with Gasteiger partial charge < -0.3 is 9.47 Å². The van der Waals surface area contributed by atoms with Crippen molar-refractivity contribution in [3.63, 3.8) is 0 Å². The van der Waals surface area contributed by atoms with E-state index in [1.807, 2.05) is 0 Å². The molecule has 2 saturated carbocycles. The van der Waals surface area contributed by atoms with Gasteiger partial charge in [-0.1, -0.05) is 13.5 Å². The van der Waals surface area contributed by atoms with Gasteiger partial charge in [-0.15, -0.1) is 0 Å². The average Bonchev–Trinajstić information content (AvgIpc) is 2.95. The Kier molecular flexibility index (Phi) is 1.84. The van der Waals surface area contributed by atoms with Crippen LogP contribution in [0.1, 0.15) is 39.5 Å². The summed E-state index contributed by atoms with van der Waals surface area (Å²) in [6, 6.07) is 0. The van der Waals surface area contributed by atoms with Crippen LogP contribution in [0, 0.1) is 17.8 Å². The van der Waals surface area contributed by atoms with Gasteiger partial charge in [-0.05, 0) is 38.5 Å². The highest BCUT2D eigenvalue weighted by molar-refractivity contribution is 5.92. The first kappa shape index (κ1) is 11.0. The van der Waals surface area contributed by atoms with E-state index in [0.717, 1.165) is 19.3 Å². The average molecular weight is 248 g/mol. The Morgan fingerprint density at radius 1 is 1.33 bits per heavy atom. The van der Waals surface area contributed by atoms with Crippen LogP contribution in [0.2, 0.25) is 0 Å². The summed E-state index contributed by atoms with van der Waals surface area (Å²) in [5.74, 6) is 1.09. The van der Waals surface area contributed by atoms with Crippen LogP contribution in [-0.4, -0.2) is 23.3 Å². The van der Waals surface area contributed by atoms with Gasteiger partial charge in [-0.25, -0.2) is 4.79 Å². The molecule has 1 unspecified atom stereocenters. The second-order valence-corrected chi connectivity index (χ2v) is 6.83. The number of carbonyl (C=O) groups is 1. The zero-order chi connectivity index (χ0) is 12.7. The lowest BCUT2D eigenvalue weighted by Gasteiger charge is -2.49. The Morgan fingerprint density at radius 2 is 2.11 bits per heavy atom. The van der Waals surface area contributed by atoms with E-state index in [9.17, 15) is 4.79 Å². The molecule has 3 heteroatoms. The van der Waals surface area contributed by atoms with Crippen molar-refractivity contribution >= 4 is 5.97 Å². The largest absolute Gasteiger partial charge is 0.452 e. The predicted molar refractivity (Wildman–Crippen MR) is 65.9 cm³/mol. The van der Waals surface area contributed by atoms with Crippen LogP contribution < -0.4 is 0 Å². The lowest BCUT2D eigenvalue weighted by Crippen LogP contribution is -2.57. The zero-order valence-electron chi connectivity index (χ0n) is 11.1. The van der Waals surface area contributed by atoms with Crippen molar-refractivity contribution in [2.75, 3.05) is 0 Å². The molecule has 0 aromatic rings. The summed E-state index contributed by atoms with van der Waals surface area (Å²) >= 11 is 0. The van der Waals surface area contributed by atoms with E-state index in [1.165, 1.54) is 6.42 Å². The summed E-state index contributed by atoms with van der Waals surface area (Å²) in [6.45, 7) is 8.43. The molecule has 4 aliphatic rings. The van der Waals surface area contributed by atoms with Gasteiger partial charge in [0.15, 0.2) is 5.60 Å². The summed E-state index contributed by atoms with van der Waals surface area (Å²) < 4.78 is 11.9. The molecule has 2 heterocycles. The molecule has 2 aliphatic heterocycles. The molecule has 6 atom stereocenters. The van der Waals surface area contributed by atoms with Crippen molar-refractivity contribution in [1.29, 1.82) is 0 Å². The maximum Gasteiger partial charge on any atom is 0.334 e. The van der Waals surface area contributed by atoms with E-state index in [-0.39, 0.29) is 29.2 Å². The van der Waals surface area contributed by atoms with Gasteiger partial charge in [0.2, 0.25) is 0 Å². The van der Waals surface area contributed by atoms with E-state index in [0.29, 0.717) is 17.4 Å². The Bertz CT molecular complexity index is 457. The van der Waals surface area contributed by atoms with Gasteiger partial charge in [0.25, 0.3) is 0 Å². The third-order valence-electron chi connectivity index (χ3n) is 5.92. The quantitative estimate of drug-likeness (QED) is 0.375. The summed E-state index contributed by atoms with van der Waals surface area (Å²) in [5, 5.41) is 0. The SMILES string of the molecule is C=C1C(=O)OC23[C@H]1CC[C@@H](C)[C@@H]2CC[C@@]1(C)O[C@@H]31. The number of carbonyl (C=O) groups excluding carboxylic acids is 1. The zero-order valence-corrected chi connectivity index (χ0v) is 11.1. The monoisotopic (exact) mass is 248 g/mol. The van der Waals surface area contributed by atoms with Crippen molar-refractivity contribution in [2.24, 2.45) is 17.8 Å². The number of ether oxygens (including phenoxy) is 2. The highest BCUT2D eigenvalue weighted by atomic mass is 16.7. The van der Waals surface area contributed by atoms with Gasteiger partial charge in [0.1, 0.15) is 6.10 Å². The normalized spacial score (nSPS) is 57.4. The summed E-state index contributed by atoms with van der Waals surface area (Å²) in [7, 11) is 0. The third-order valence-corrected chi connectivity index (χ3v) is 5.92. The fourth-order valence-corrected chi connectivity index (χ4v) is 4.90. The summed E-state index contributed by atoms with van der Waals surface area (Å²) in [4.78, 5) is 12.0. The van der Waals surface area contributed by atoms with Crippen LogP contribution >= 0.6 is 0 Å². The Hall–Kier alpha value is -0.830. The first-order chi connectivity index (χ1) is 8.49. The fourth-order valence-electron chi connectivity index (χ4n) is 4.90. The van der Waals surface area contributed by atoms with Gasteiger partial charge in [-0.2, -0.15) is 0 Å². The number of epoxide rings is 1. The van der Waals surface area contributed by atoms with Crippen molar-refractivity contribution in [2.45, 2.75) is 56.8 Å². The Labute approximate surface area is 108 Å². The van der Waals surface area contributed by atoms with Crippen molar-refractivity contribution in [1.82, 2.24) is 0 Å². The van der Waals surface area contributed by atoms with Gasteiger partial charge in [0, 0.05) is 17.4 Å². The standard InChI is InChI=1S/C15H20O3/c1-8-4-5-11-9(2)12(16)17-15(11)10(8)6-7-14(3)13(15)18-14/h8,10-11,13H,2,4-7H2,1,3H3/t8-,10+,11+,13-,14-,15?/m1/s1. The molecule has 0 aromatic carbocycles. The number of esters is 1. The molecule has 1 spiro atoms. The lowest BCUT2D eigenvalue weighted by atomic mass is 9.56. The molecule has 4 fully saturated rings. The second kappa shape index (κ2) is 3.01. The van der Waals surface area contributed by atoms with Crippen LogP contribution in [0.15, 0.2) is 12.2 Å². The minimum atomic E-state index is -0.376. The van der Waals surface area contributed by atoms with Crippen molar-refractivity contribution in [3.05, 3.63) is 12.2 Å². The number of hydrogen-bond donors (Lipinski definition) is 0. The maximum absolute atomic E-state index is 12.0. The first-order valence-electron chi connectivity index (χ1n) is 7.09. The lowest BCUT2D eigenvalue weighted by molar-refractivity contribution is -0.168. The molecular formula is C15H20O3. The molecule has 3 nitrogen and oxygen atoms in total. The molecule has 4 rings (SSSR count). The van der Waals surface area contributed by atoms with E-state index in [1.54, 1.807) is 0 Å². The van der Waals surface area contributed by atoms with E-state index in [4.69, 9.17) is 9.47 Å². The Morgan fingerprint density at radius 3 is 2.89 bits per heavy atom. The maximum atomic E-state index is 12.0. The third kappa shape index (κ3) is 1.04. The smallest absolute Gasteiger partial charge is 0.334 e. The van der Waals surface area contributed by atoms with E-state index >= 15 is 0 Å². The Balaban J connectivity index is 1.83. The van der Waals surface area contributed by atoms with Crippen LogP contribution in [0.25, 0.3) is 0 Å². The second-order valence-electron chi connectivity index (χ2n) is 6.83. The molecule has 0 radical (unpaired) electrons. The molecule has 2 aliphatic carbocycles. The molecule has 0 N–H and O–H groups in total. The van der Waals surface area contributed by atoms with E-state index in [2.05, 4.69) is 20.4 Å². The molecule has 0 aromatic heterocycles. The molecular weight excluding hydrogens is 228 g/mol. The van der Waals surface area contributed by atoms with Crippen LogP contribution in [-0.2, 0) is 14.3 Å². The van der Waals surface area contributed by atoms with Gasteiger partial charge in [-0.3, -0.25) is 0 Å². The summed E-state index contributed by atoms with van der Waals surface area (Å²) in [6.07, 6.45) is 4.53. The van der Waals surface area contributed by atoms with Gasteiger partial charge >= 0.3 is 5.97 Å². The van der Waals surface area contributed by atoms with Crippen LogP contribution in [0.5, 0.6) is 0 Å². The molecule has 0 amide bonds. The van der Waals surface area contributed by atoms with Crippen molar-refractivity contribution in [3.8, 4) is 0 Å². The first-order valence-corrected chi connectivity index (χ1v) is 7.09. The highest BCUT2D eigenvalue weighted by Crippen LogP contribution is 2.66. The molecule has 2 saturated heterocycles. The van der Waals surface area contributed by atoms with Crippen LogP contribution in [0.4, 0.5) is 0 Å². The van der Waals surface area contributed by atoms with E-state index < -0.39 is 0 Å². The number of fused-ring (bicyclic) bond motifs is 1. The topological polar surface area (TPSA) is 38.8 Å². The molecule has 98 valence electrons. The minimum absolute atomic E-state index is 0.0449. The number of rotatable bonds is 0. The summed E-state index contributed by atoms with van der Waals surface area (Å²) in [5.41, 5.74) is 0.266. The van der Waals surface area contributed by atoms with Crippen molar-refractivity contribution < 1.29 is 14.3 Å².